The third kappa shape index (κ3) is 9.28. The van der Waals surface area contributed by atoms with E-state index in [-0.39, 0.29) is 12.1 Å². The van der Waals surface area contributed by atoms with Crippen LogP contribution in [0.25, 0.3) is 0 Å². The van der Waals surface area contributed by atoms with E-state index in [4.69, 9.17) is 4.55 Å². The Morgan fingerprint density at radius 3 is 1.56 bits per heavy atom. The molecule has 0 radical (unpaired) electrons. The Morgan fingerprint density at radius 1 is 0.861 bits per heavy atom. The summed E-state index contributed by atoms with van der Waals surface area (Å²) in [6.45, 7) is -0.884. The summed E-state index contributed by atoms with van der Waals surface area (Å²) in [4.78, 5) is 12.2. The van der Waals surface area contributed by atoms with Crippen LogP contribution in [0.4, 0.5) is 39.5 Å². The Hall–Kier alpha value is -1.76. The van der Waals surface area contributed by atoms with Crippen LogP contribution < -0.4 is 19.5 Å². The first-order valence-electron chi connectivity index (χ1n) is 8.55. The maximum absolute atomic E-state index is 13.7. The highest BCUT2D eigenvalue weighted by atomic mass is 35.5. The van der Waals surface area contributed by atoms with E-state index in [0.29, 0.717) is 0 Å². The molecule has 0 aliphatic heterocycles. The number of nitrogens with one attached hydrogen (secondary N) is 1. The Morgan fingerprint density at radius 2 is 1.22 bits per heavy atom. The van der Waals surface area contributed by atoms with E-state index in [1.165, 1.54) is 0 Å². The molecule has 1 aromatic carbocycles. The zero-order valence-electron chi connectivity index (χ0n) is 16.6. The van der Waals surface area contributed by atoms with Gasteiger partial charge in [0.05, 0.1) is 5.75 Å². The average molecular weight is 627 g/mol. The van der Waals surface area contributed by atoms with Gasteiger partial charge in [0, 0.05) is 12.1 Å². The van der Waals surface area contributed by atoms with E-state index in [9.17, 15) is 52.7 Å². The molecule has 0 saturated heterocycles. The molecule has 0 fully saturated rings. The van der Waals surface area contributed by atoms with E-state index >= 15 is 0 Å². The van der Waals surface area contributed by atoms with Crippen LogP contribution in [-0.2, 0) is 10.1 Å². The first kappa shape index (κ1) is 32.3. The van der Waals surface area contributed by atoms with Crippen LogP contribution in [0, 0.1) is 0 Å². The summed E-state index contributed by atoms with van der Waals surface area (Å²) in [5, 5.41) is 1.73. The summed E-state index contributed by atoms with van der Waals surface area (Å²) in [6, 6.07) is 0.0307. The van der Waals surface area contributed by atoms with E-state index in [0.717, 1.165) is 0 Å². The molecule has 8 nitrogen and oxygen atoms in total. The smallest absolute Gasteiger partial charge is 0.425 e. The van der Waals surface area contributed by atoms with Crippen LogP contribution in [0.5, 0.6) is 17.2 Å². The van der Waals surface area contributed by atoms with Crippen LogP contribution >= 0.6 is 34.8 Å². The fourth-order valence-electron chi connectivity index (χ4n) is 1.92. The molecule has 0 saturated carbocycles. The molecule has 21 heteroatoms. The number of alkyl halides is 12. The molecule has 3 unspecified atom stereocenters. The van der Waals surface area contributed by atoms with Crippen LogP contribution in [0.1, 0.15) is 10.4 Å². The van der Waals surface area contributed by atoms with Gasteiger partial charge in [-0.25, -0.2) is 13.2 Å². The van der Waals surface area contributed by atoms with Crippen molar-refractivity contribution in [3.8, 4) is 17.2 Å². The molecule has 0 aromatic heterocycles. The van der Waals surface area contributed by atoms with Crippen molar-refractivity contribution >= 4 is 50.8 Å². The Bertz CT molecular complexity index is 1000. The first-order chi connectivity index (χ1) is 16.1. The second kappa shape index (κ2) is 11.7. The van der Waals surface area contributed by atoms with Crippen molar-refractivity contribution in [1.29, 1.82) is 0 Å². The van der Waals surface area contributed by atoms with Gasteiger partial charge in [0.25, 0.3) is 32.9 Å². The summed E-state index contributed by atoms with van der Waals surface area (Å²) >= 11 is 13.7. The van der Waals surface area contributed by atoms with E-state index in [2.05, 4.69) is 49.0 Å². The van der Waals surface area contributed by atoms with Gasteiger partial charge in [-0.05, 0) is 12.1 Å². The number of hydrogen-bond donors (Lipinski definition) is 2. The van der Waals surface area contributed by atoms with Crippen molar-refractivity contribution in [2.24, 2.45) is 0 Å². The van der Waals surface area contributed by atoms with Crippen LogP contribution in [0.3, 0.4) is 0 Å². The predicted octanol–water partition coefficient (Wildman–Crippen LogP) is 4.82. The molecule has 1 rings (SSSR count). The fraction of sp³-hybridized carbons (Fsp3) is 0.533. The second-order valence-electron chi connectivity index (χ2n) is 6.24. The molecular weight excluding hydrogens is 616 g/mol. The monoisotopic (exact) mass is 625 g/mol. The lowest BCUT2D eigenvalue weighted by atomic mass is 10.1. The Balaban J connectivity index is 3.75. The molecule has 0 heterocycles. The third-order valence-electron chi connectivity index (χ3n) is 3.42. The molecule has 0 aliphatic rings. The van der Waals surface area contributed by atoms with Gasteiger partial charge in [-0.1, -0.05) is 34.8 Å². The van der Waals surface area contributed by atoms with Crippen molar-refractivity contribution in [2.75, 3.05) is 12.3 Å². The molecule has 2 N–H and O–H groups in total. The fourth-order valence-corrected chi connectivity index (χ4v) is 2.41. The van der Waals surface area contributed by atoms with Gasteiger partial charge in [0.15, 0.2) is 11.5 Å². The zero-order chi connectivity index (χ0) is 28.3. The Kier molecular flexibility index (Phi) is 10.5. The highest BCUT2D eigenvalue weighted by Crippen LogP contribution is 2.47. The van der Waals surface area contributed by atoms with E-state index < -0.39 is 86.4 Å². The standard InChI is InChI=1S/C15H11Cl3F9NO7S/c16-10(19)13(22,23)33-6-3-5(9(29)28-1-2-36(30,31)32)4-7(34-14(24,25)11(17)20)8(6)35-15(26,27)12(18)21/h3-4,10-12H,1-2H2,(H,28,29)(H,30,31,32). The lowest BCUT2D eigenvalue weighted by Crippen LogP contribution is -2.37. The number of carbonyl (C=O) groups is 1. The normalized spacial score (nSPS) is 15.6. The van der Waals surface area contributed by atoms with Crippen molar-refractivity contribution in [3.05, 3.63) is 17.7 Å². The van der Waals surface area contributed by atoms with E-state index in [1.807, 2.05) is 0 Å². The van der Waals surface area contributed by atoms with Gasteiger partial charge < -0.3 is 19.5 Å². The molecule has 36 heavy (non-hydrogen) atoms. The SMILES string of the molecule is O=C(NCCS(=O)(=O)O)c1cc(OC(F)(F)C(F)Cl)c(OC(F)(F)C(F)Cl)c(OC(F)(F)C(F)Cl)c1. The van der Waals surface area contributed by atoms with Crippen LogP contribution in [-0.4, -0.2) is 66.4 Å². The van der Waals surface area contributed by atoms with Crippen molar-refractivity contribution in [3.63, 3.8) is 0 Å². The molecule has 208 valence electrons. The molecular formula is C15H11Cl3F9NO7S. The zero-order valence-corrected chi connectivity index (χ0v) is 19.7. The van der Waals surface area contributed by atoms with Gasteiger partial charge in [-0.2, -0.15) is 34.8 Å². The predicted molar refractivity (Wildman–Crippen MR) is 104 cm³/mol. The third-order valence-corrected chi connectivity index (χ3v) is 4.90. The number of rotatable bonds is 13. The topological polar surface area (TPSA) is 111 Å². The molecule has 0 spiro atoms. The summed E-state index contributed by atoms with van der Waals surface area (Å²) in [5.74, 6) is -8.58. The van der Waals surface area contributed by atoms with Gasteiger partial charge in [0.1, 0.15) is 0 Å². The molecule has 1 amide bonds. The summed E-state index contributed by atoms with van der Waals surface area (Å²) in [7, 11) is -4.65. The minimum absolute atomic E-state index is 0.0153. The number of hydrogen-bond acceptors (Lipinski definition) is 6. The van der Waals surface area contributed by atoms with Gasteiger partial charge in [-0.3, -0.25) is 9.35 Å². The first-order valence-corrected chi connectivity index (χ1v) is 11.5. The summed E-state index contributed by atoms with van der Waals surface area (Å²) in [6.07, 6.45) is -15.5. The van der Waals surface area contributed by atoms with Gasteiger partial charge >= 0.3 is 18.3 Å². The highest BCUT2D eigenvalue weighted by Gasteiger charge is 2.49. The van der Waals surface area contributed by atoms with E-state index in [1.54, 1.807) is 5.32 Å². The average Bonchev–Trinajstić information content (AvgIpc) is 2.68. The van der Waals surface area contributed by atoms with Gasteiger partial charge in [-0.15, -0.1) is 0 Å². The lowest BCUT2D eigenvalue weighted by molar-refractivity contribution is -0.220. The van der Waals surface area contributed by atoms with Crippen LogP contribution in [0.15, 0.2) is 12.1 Å². The number of benzene rings is 1. The maximum Gasteiger partial charge on any atom is 0.444 e. The molecule has 3 atom stereocenters. The van der Waals surface area contributed by atoms with Crippen molar-refractivity contribution in [2.45, 2.75) is 35.2 Å². The largest absolute Gasteiger partial charge is 0.444 e. The van der Waals surface area contributed by atoms with Gasteiger partial charge in [0.2, 0.25) is 5.75 Å². The Labute approximate surface area is 210 Å². The molecule has 0 bridgehead atoms. The number of carbonyl (C=O) groups excluding carboxylic acids is 1. The maximum atomic E-state index is 13.7. The minimum atomic E-state index is -5.21. The summed E-state index contributed by atoms with van der Waals surface area (Å²) in [5.41, 5.74) is -12.4. The highest BCUT2D eigenvalue weighted by molar-refractivity contribution is 7.85. The second-order valence-corrected chi connectivity index (χ2v) is 8.96. The lowest BCUT2D eigenvalue weighted by Gasteiger charge is -2.26. The number of amides is 1. The molecule has 1 aromatic rings. The van der Waals surface area contributed by atoms with Crippen LogP contribution in [0.2, 0.25) is 0 Å². The quantitative estimate of drug-likeness (QED) is 0.184. The van der Waals surface area contributed by atoms with Crippen molar-refractivity contribution < 1.29 is 71.5 Å². The number of halogens is 12. The minimum Gasteiger partial charge on any atom is -0.425 e. The molecule has 0 aliphatic carbocycles. The number of ether oxygens (including phenoxy) is 3. The van der Waals surface area contributed by atoms with Crippen molar-refractivity contribution in [1.82, 2.24) is 5.32 Å². The summed E-state index contributed by atoms with van der Waals surface area (Å²) < 4.78 is 163.